The molecular formula is C13H6Cl2F2O2. The Labute approximate surface area is 117 Å². The summed E-state index contributed by atoms with van der Waals surface area (Å²) in [6, 6.07) is 6.45. The first-order valence-electron chi connectivity index (χ1n) is 5.08. The Morgan fingerprint density at radius 3 is 2.21 bits per heavy atom. The Kier molecular flexibility index (Phi) is 3.73. The van der Waals surface area contributed by atoms with Crippen LogP contribution in [0.5, 0.6) is 0 Å². The number of aromatic carboxylic acids is 1. The minimum absolute atomic E-state index is 0.118. The number of carboxylic acid groups (broad SMARTS) is 1. The third-order valence-corrected chi connectivity index (χ3v) is 3.34. The molecule has 0 atom stereocenters. The molecule has 0 spiro atoms. The van der Waals surface area contributed by atoms with Gasteiger partial charge >= 0.3 is 5.97 Å². The molecule has 6 heteroatoms. The van der Waals surface area contributed by atoms with E-state index in [0.29, 0.717) is 5.56 Å². The Morgan fingerprint density at radius 1 is 1.11 bits per heavy atom. The Morgan fingerprint density at radius 2 is 1.68 bits per heavy atom. The Balaban J connectivity index is 2.65. The number of hydrogen-bond acceptors (Lipinski definition) is 1. The van der Waals surface area contributed by atoms with Gasteiger partial charge in [0.25, 0.3) is 0 Å². The second-order valence-electron chi connectivity index (χ2n) is 3.72. The van der Waals surface area contributed by atoms with Gasteiger partial charge in [-0.3, -0.25) is 0 Å². The summed E-state index contributed by atoms with van der Waals surface area (Å²) in [5.74, 6) is -4.00. The fourth-order valence-corrected chi connectivity index (χ4v) is 2.07. The van der Waals surface area contributed by atoms with E-state index in [1.54, 1.807) is 6.07 Å². The second kappa shape index (κ2) is 5.15. The molecule has 2 nitrogen and oxygen atoms in total. The maximum absolute atomic E-state index is 13.6. The molecule has 2 rings (SSSR count). The first kappa shape index (κ1) is 13.8. The molecule has 0 fully saturated rings. The van der Waals surface area contributed by atoms with E-state index in [2.05, 4.69) is 0 Å². The van der Waals surface area contributed by atoms with Crippen molar-refractivity contribution in [1.82, 2.24) is 0 Å². The fraction of sp³-hybridized carbons (Fsp3) is 0. The maximum Gasteiger partial charge on any atom is 0.341 e. The standard InChI is InChI=1S/C13H6Cl2F2O2/c14-8-3-1-2-7(12(8)15)6-4-9(16)11(13(18)19)10(17)5-6/h1-5H,(H,18,19). The first-order valence-corrected chi connectivity index (χ1v) is 5.84. The SMILES string of the molecule is O=C(O)c1c(F)cc(-c2cccc(Cl)c2Cl)cc1F. The minimum Gasteiger partial charge on any atom is -0.477 e. The van der Waals surface area contributed by atoms with Gasteiger partial charge in [0, 0.05) is 5.56 Å². The third kappa shape index (κ3) is 2.55. The van der Waals surface area contributed by atoms with Crippen molar-refractivity contribution < 1.29 is 18.7 Å². The second-order valence-corrected chi connectivity index (χ2v) is 4.51. The molecule has 0 saturated heterocycles. The normalized spacial score (nSPS) is 10.5. The minimum atomic E-state index is -1.67. The molecule has 98 valence electrons. The van der Waals surface area contributed by atoms with Crippen LogP contribution in [0.4, 0.5) is 8.78 Å². The van der Waals surface area contributed by atoms with E-state index < -0.39 is 23.2 Å². The van der Waals surface area contributed by atoms with E-state index in [1.165, 1.54) is 12.1 Å². The van der Waals surface area contributed by atoms with E-state index in [1.807, 2.05) is 0 Å². The zero-order chi connectivity index (χ0) is 14.2. The van der Waals surface area contributed by atoms with E-state index >= 15 is 0 Å². The summed E-state index contributed by atoms with van der Waals surface area (Å²) in [5, 5.41) is 9.06. The summed E-state index contributed by atoms with van der Waals surface area (Å²) in [6.45, 7) is 0. The lowest BCUT2D eigenvalue weighted by Crippen LogP contribution is -2.04. The van der Waals surface area contributed by atoms with Crippen LogP contribution in [0.3, 0.4) is 0 Å². The maximum atomic E-state index is 13.6. The molecule has 19 heavy (non-hydrogen) atoms. The van der Waals surface area contributed by atoms with Crippen molar-refractivity contribution >= 4 is 29.2 Å². The molecular weight excluding hydrogens is 297 g/mol. The largest absolute Gasteiger partial charge is 0.477 e. The molecule has 0 heterocycles. The van der Waals surface area contributed by atoms with Crippen LogP contribution in [0.15, 0.2) is 30.3 Å². The van der Waals surface area contributed by atoms with Crippen molar-refractivity contribution in [1.29, 1.82) is 0 Å². The predicted octanol–water partition coefficient (Wildman–Crippen LogP) is 4.64. The molecule has 0 bridgehead atoms. The van der Waals surface area contributed by atoms with Crippen molar-refractivity contribution in [3.63, 3.8) is 0 Å². The van der Waals surface area contributed by atoms with Gasteiger partial charge in [-0.1, -0.05) is 35.3 Å². The molecule has 0 amide bonds. The summed E-state index contributed by atoms with van der Waals surface area (Å²) in [4.78, 5) is 10.7. The quantitative estimate of drug-likeness (QED) is 0.877. The van der Waals surface area contributed by atoms with Crippen LogP contribution in [0.1, 0.15) is 10.4 Å². The van der Waals surface area contributed by atoms with Gasteiger partial charge in [-0.25, -0.2) is 13.6 Å². The van der Waals surface area contributed by atoms with Gasteiger partial charge in [-0.2, -0.15) is 0 Å². The summed E-state index contributed by atoms with van der Waals surface area (Å²) < 4.78 is 27.2. The lowest BCUT2D eigenvalue weighted by atomic mass is 10.0. The molecule has 1 N–H and O–H groups in total. The monoisotopic (exact) mass is 302 g/mol. The van der Waals surface area contributed by atoms with Crippen LogP contribution in [-0.2, 0) is 0 Å². The highest BCUT2D eigenvalue weighted by atomic mass is 35.5. The number of benzene rings is 2. The third-order valence-electron chi connectivity index (χ3n) is 2.52. The van der Waals surface area contributed by atoms with Crippen LogP contribution in [0, 0.1) is 11.6 Å². The highest BCUT2D eigenvalue weighted by molar-refractivity contribution is 6.43. The van der Waals surface area contributed by atoms with Crippen LogP contribution in [-0.4, -0.2) is 11.1 Å². The smallest absolute Gasteiger partial charge is 0.341 e. The molecule has 0 aliphatic heterocycles. The molecule has 2 aromatic rings. The lowest BCUT2D eigenvalue weighted by Gasteiger charge is -2.08. The highest BCUT2D eigenvalue weighted by Crippen LogP contribution is 2.34. The van der Waals surface area contributed by atoms with Crippen molar-refractivity contribution in [3.05, 3.63) is 57.6 Å². The topological polar surface area (TPSA) is 37.3 Å². The van der Waals surface area contributed by atoms with Crippen molar-refractivity contribution in [3.8, 4) is 11.1 Å². The Hall–Kier alpha value is -1.65. The van der Waals surface area contributed by atoms with E-state index in [9.17, 15) is 13.6 Å². The van der Waals surface area contributed by atoms with Gasteiger partial charge in [0.2, 0.25) is 0 Å². The van der Waals surface area contributed by atoms with Crippen LogP contribution < -0.4 is 0 Å². The Bertz CT molecular complexity index is 649. The number of carbonyl (C=O) groups is 1. The highest BCUT2D eigenvalue weighted by Gasteiger charge is 2.19. The van der Waals surface area contributed by atoms with Crippen molar-refractivity contribution in [2.75, 3.05) is 0 Å². The number of rotatable bonds is 2. The van der Waals surface area contributed by atoms with E-state index in [-0.39, 0.29) is 15.6 Å². The summed E-state index contributed by atoms with van der Waals surface area (Å²) in [7, 11) is 0. The number of hydrogen-bond donors (Lipinski definition) is 1. The van der Waals surface area contributed by atoms with Gasteiger partial charge < -0.3 is 5.11 Å². The van der Waals surface area contributed by atoms with Gasteiger partial charge in [-0.15, -0.1) is 0 Å². The molecule has 0 aliphatic carbocycles. The zero-order valence-corrected chi connectivity index (χ0v) is 10.8. The number of halogens is 4. The average Bonchev–Trinajstić information content (AvgIpc) is 2.31. The molecule has 2 aromatic carbocycles. The summed E-state index contributed by atoms with van der Waals surface area (Å²) in [6.07, 6.45) is 0. The van der Waals surface area contributed by atoms with Crippen LogP contribution in [0.25, 0.3) is 11.1 Å². The predicted molar refractivity (Wildman–Crippen MR) is 68.8 cm³/mol. The van der Waals surface area contributed by atoms with Gasteiger partial charge in [0.1, 0.15) is 17.2 Å². The molecule has 0 saturated carbocycles. The number of carboxylic acids is 1. The molecule has 0 aromatic heterocycles. The average molecular weight is 303 g/mol. The molecule has 0 aliphatic rings. The molecule has 0 radical (unpaired) electrons. The van der Waals surface area contributed by atoms with Crippen LogP contribution >= 0.6 is 23.2 Å². The van der Waals surface area contributed by atoms with Gasteiger partial charge in [0.05, 0.1) is 10.0 Å². The zero-order valence-electron chi connectivity index (χ0n) is 9.25. The summed E-state index contributed by atoms with van der Waals surface area (Å²) >= 11 is 11.8. The van der Waals surface area contributed by atoms with Crippen molar-refractivity contribution in [2.45, 2.75) is 0 Å². The van der Waals surface area contributed by atoms with Gasteiger partial charge in [-0.05, 0) is 23.8 Å². The van der Waals surface area contributed by atoms with Crippen molar-refractivity contribution in [2.24, 2.45) is 0 Å². The summed E-state index contributed by atoms with van der Waals surface area (Å²) in [5.41, 5.74) is -0.557. The fourth-order valence-electron chi connectivity index (χ4n) is 1.66. The first-order chi connectivity index (χ1) is 8.91. The lowest BCUT2D eigenvalue weighted by molar-refractivity contribution is 0.0686. The van der Waals surface area contributed by atoms with Gasteiger partial charge in [0.15, 0.2) is 0 Å². The van der Waals surface area contributed by atoms with E-state index in [4.69, 9.17) is 28.3 Å². The molecule has 0 unspecified atom stereocenters. The van der Waals surface area contributed by atoms with E-state index in [0.717, 1.165) is 12.1 Å². The van der Waals surface area contributed by atoms with Crippen LogP contribution in [0.2, 0.25) is 10.0 Å².